The molecule has 9 nitrogen and oxygen atoms in total. The van der Waals surface area contributed by atoms with Gasteiger partial charge in [-0.05, 0) is 56.6 Å². The molecule has 0 bridgehead atoms. The number of morpholine rings is 1. The number of hydrogen-bond acceptors (Lipinski definition) is 8. The number of aliphatic hydroxyl groups is 2. The van der Waals surface area contributed by atoms with Crippen LogP contribution < -0.4 is 10.7 Å². The molecule has 3 heterocycles. The molecular formula is C30H49FN5O4+. The smallest absolute Gasteiger partial charge is 0.187 e. The molecule has 0 aromatic carbocycles. The average molecular weight is 563 g/mol. The Balaban J connectivity index is 1.38. The lowest BCUT2D eigenvalue weighted by Crippen LogP contribution is -2.47. The second kappa shape index (κ2) is 12.9. The van der Waals surface area contributed by atoms with E-state index in [-0.39, 0.29) is 17.3 Å². The van der Waals surface area contributed by atoms with Crippen LogP contribution in [0.1, 0.15) is 58.8 Å². The van der Waals surface area contributed by atoms with Gasteiger partial charge in [-0.2, -0.15) is 0 Å². The number of piperidine rings is 1. The summed E-state index contributed by atoms with van der Waals surface area (Å²) in [5, 5.41) is 36.3. The van der Waals surface area contributed by atoms with Crippen molar-refractivity contribution in [2.45, 2.75) is 71.1 Å². The van der Waals surface area contributed by atoms with Gasteiger partial charge >= 0.3 is 0 Å². The largest absolute Gasteiger partial charge is 0.495 e. The van der Waals surface area contributed by atoms with E-state index in [1.54, 1.807) is 12.2 Å². The first-order valence-electron chi connectivity index (χ1n) is 15.2. The Kier molecular flexibility index (Phi) is 9.54. The monoisotopic (exact) mass is 562 g/mol. The molecule has 2 aliphatic carbocycles. The minimum absolute atomic E-state index is 0.0127. The van der Waals surface area contributed by atoms with Gasteiger partial charge in [0.25, 0.3) is 0 Å². The summed E-state index contributed by atoms with van der Waals surface area (Å²) in [6.07, 6.45) is 8.08. The maximum absolute atomic E-state index is 14.2. The van der Waals surface area contributed by atoms with Gasteiger partial charge in [0, 0.05) is 79.7 Å². The molecule has 10 heteroatoms. The zero-order valence-electron chi connectivity index (χ0n) is 24.2. The summed E-state index contributed by atoms with van der Waals surface area (Å²) >= 11 is 0. The summed E-state index contributed by atoms with van der Waals surface area (Å²) in [5.41, 5.74) is 7.37. The number of unbranched alkanes of at least 4 members (excludes halogenated alkanes) is 1. The van der Waals surface area contributed by atoms with Crippen molar-refractivity contribution in [3.8, 4) is 0 Å². The lowest BCUT2D eigenvalue weighted by Gasteiger charge is -2.36. The number of allylic oxidation sites excluding steroid dienone is 5. The SMILES string of the molecule is CC(C)CN(C(O)C1=C(CCCC[OH2+])N(C2=CC(F)=CCC2)NC1)C1CC12CNC/C(=C(\O)N1CCOCC1)C2. The number of nitrogens with zero attached hydrogens (tertiary/aromatic N) is 3. The first-order chi connectivity index (χ1) is 19.3. The van der Waals surface area contributed by atoms with Crippen LogP contribution in [0.25, 0.3) is 0 Å². The molecule has 3 unspecified atom stereocenters. The Morgan fingerprint density at radius 2 is 2.08 bits per heavy atom. The third-order valence-electron chi connectivity index (χ3n) is 9.00. The number of rotatable bonds is 11. The minimum atomic E-state index is -0.748. The first-order valence-corrected chi connectivity index (χ1v) is 15.2. The van der Waals surface area contributed by atoms with Crippen LogP contribution in [0.5, 0.6) is 0 Å². The van der Waals surface area contributed by atoms with Gasteiger partial charge in [-0.1, -0.05) is 13.8 Å². The van der Waals surface area contributed by atoms with Gasteiger partial charge in [-0.25, -0.2) is 9.82 Å². The van der Waals surface area contributed by atoms with E-state index < -0.39 is 6.23 Å². The number of hydrazine groups is 1. The Morgan fingerprint density at radius 1 is 1.27 bits per heavy atom. The second-order valence-electron chi connectivity index (χ2n) is 12.5. The third kappa shape index (κ3) is 6.42. The predicted molar refractivity (Wildman–Crippen MR) is 154 cm³/mol. The molecule has 40 heavy (non-hydrogen) atoms. The normalized spacial score (nSPS) is 29.4. The Bertz CT molecular complexity index is 1040. The highest BCUT2D eigenvalue weighted by atomic mass is 19.1. The number of nitrogens with one attached hydrogen (secondary N) is 2. The van der Waals surface area contributed by atoms with Crippen molar-refractivity contribution in [3.05, 3.63) is 46.4 Å². The quantitative estimate of drug-likeness (QED) is 0.132. The summed E-state index contributed by atoms with van der Waals surface area (Å²) in [6.45, 7) is 10.3. The zero-order valence-corrected chi connectivity index (χ0v) is 24.2. The average Bonchev–Trinajstić information content (AvgIpc) is 3.45. The highest BCUT2D eigenvalue weighted by Gasteiger charge is 2.59. The number of halogens is 1. The number of ether oxygens (including phenoxy) is 1. The van der Waals surface area contributed by atoms with Gasteiger partial charge in [-0.15, -0.1) is 0 Å². The van der Waals surface area contributed by atoms with Gasteiger partial charge in [0.05, 0.1) is 13.2 Å². The molecule has 3 atom stereocenters. The molecule has 6 N–H and O–H groups in total. The fourth-order valence-corrected chi connectivity index (χ4v) is 6.90. The van der Waals surface area contributed by atoms with E-state index in [0.29, 0.717) is 64.2 Å². The maximum atomic E-state index is 14.2. The van der Waals surface area contributed by atoms with Crippen LogP contribution in [0.15, 0.2) is 46.4 Å². The van der Waals surface area contributed by atoms with Crippen molar-refractivity contribution in [1.82, 2.24) is 25.6 Å². The maximum Gasteiger partial charge on any atom is 0.187 e. The van der Waals surface area contributed by atoms with Crippen LogP contribution in [0.2, 0.25) is 0 Å². The first kappa shape index (κ1) is 29.5. The van der Waals surface area contributed by atoms with Crippen LogP contribution in [0.4, 0.5) is 4.39 Å². The lowest BCUT2D eigenvalue weighted by molar-refractivity contribution is 0.00563. The van der Waals surface area contributed by atoms with Crippen molar-refractivity contribution in [1.29, 1.82) is 0 Å². The van der Waals surface area contributed by atoms with Crippen LogP contribution in [0, 0.1) is 11.3 Å². The van der Waals surface area contributed by atoms with E-state index in [1.807, 2.05) is 9.91 Å². The van der Waals surface area contributed by atoms with Crippen molar-refractivity contribution in [2.24, 2.45) is 11.3 Å². The van der Waals surface area contributed by atoms with Gasteiger partial charge in [0.15, 0.2) is 5.88 Å². The molecule has 3 aliphatic heterocycles. The highest BCUT2D eigenvalue weighted by molar-refractivity contribution is 5.32. The molecule has 224 valence electrons. The van der Waals surface area contributed by atoms with Crippen molar-refractivity contribution in [2.75, 3.05) is 59.1 Å². The van der Waals surface area contributed by atoms with E-state index in [4.69, 9.17) is 9.84 Å². The Hall–Kier alpha value is -1.95. The van der Waals surface area contributed by atoms with Gasteiger partial charge in [0.2, 0.25) is 0 Å². The van der Waals surface area contributed by atoms with Crippen LogP contribution in [-0.2, 0) is 4.74 Å². The van der Waals surface area contributed by atoms with Gasteiger partial charge in [0.1, 0.15) is 18.7 Å². The highest BCUT2D eigenvalue weighted by Crippen LogP contribution is 2.56. The molecule has 0 radical (unpaired) electrons. The summed E-state index contributed by atoms with van der Waals surface area (Å²) in [6, 6.07) is 0.204. The molecular weight excluding hydrogens is 513 g/mol. The number of aliphatic hydroxyl groups excluding tert-OH is 2. The molecule has 0 aromatic heterocycles. The van der Waals surface area contributed by atoms with Crippen molar-refractivity contribution >= 4 is 0 Å². The number of hydrogen-bond donors (Lipinski definition) is 4. The van der Waals surface area contributed by atoms with E-state index in [2.05, 4.69) is 29.5 Å². The summed E-state index contributed by atoms with van der Waals surface area (Å²) in [4.78, 5) is 4.31. The lowest BCUT2D eigenvalue weighted by atomic mass is 9.90. The molecule has 3 fully saturated rings. The molecule has 5 rings (SSSR count). The van der Waals surface area contributed by atoms with Crippen molar-refractivity contribution in [3.63, 3.8) is 0 Å². The van der Waals surface area contributed by atoms with Gasteiger partial charge in [-0.3, -0.25) is 9.91 Å². The molecule has 0 aromatic rings. The van der Waals surface area contributed by atoms with Crippen LogP contribution in [-0.4, -0.2) is 101 Å². The van der Waals surface area contributed by atoms with E-state index in [9.17, 15) is 14.6 Å². The second-order valence-corrected chi connectivity index (χ2v) is 12.5. The standard InChI is InChI=1S/C30H48FN5O4/c1-21(2)19-35(27-16-30(27)15-22(17-32-20-30)28(38)34-9-12-40-13-10-34)29(39)25-18-33-36(26(25)8-3-4-11-37)24-7-5-6-23(31)14-24/h6,14,21,27,29,32-33,37-39H,3-5,7-13,15-20H2,1-2H3/p+1/b28-22-. The van der Waals surface area contributed by atoms with Crippen LogP contribution >= 0.6 is 0 Å². The molecule has 0 amide bonds. The topological polar surface area (TPSA) is 106 Å². The van der Waals surface area contributed by atoms with Gasteiger partial charge < -0.3 is 30.3 Å². The Morgan fingerprint density at radius 3 is 2.80 bits per heavy atom. The zero-order chi connectivity index (χ0) is 28.3. The fraction of sp³-hybridized carbons (Fsp3) is 0.733. The van der Waals surface area contributed by atoms with E-state index >= 15 is 0 Å². The summed E-state index contributed by atoms with van der Waals surface area (Å²) in [5.74, 6) is 0.560. The molecule has 5 aliphatic rings. The van der Waals surface area contributed by atoms with Crippen LogP contribution in [0.3, 0.4) is 0 Å². The molecule has 1 spiro atoms. The summed E-state index contributed by atoms with van der Waals surface area (Å²) in [7, 11) is 0. The van der Waals surface area contributed by atoms with Crippen molar-refractivity contribution < 1.29 is 24.4 Å². The predicted octanol–water partition coefficient (Wildman–Crippen LogP) is 2.62. The Labute approximate surface area is 238 Å². The van der Waals surface area contributed by atoms with E-state index in [0.717, 1.165) is 74.2 Å². The molecule has 1 saturated carbocycles. The minimum Gasteiger partial charge on any atom is -0.495 e. The summed E-state index contributed by atoms with van der Waals surface area (Å²) < 4.78 is 19.6. The fourth-order valence-electron chi connectivity index (χ4n) is 6.90. The van der Waals surface area contributed by atoms with E-state index in [1.165, 1.54) is 0 Å². The third-order valence-corrected chi connectivity index (χ3v) is 9.00. The molecule has 2 saturated heterocycles.